The number of anilines is 1. The van der Waals surface area contributed by atoms with Crippen LogP contribution in [-0.4, -0.2) is 27.7 Å². The molecular formula is C17H15N3O2S2. The number of thiophene rings is 1. The lowest BCUT2D eigenvalue weighted by atomic mass is 10.1. The summed E-state index contributed by atoms with van der Waals surface area (Å²) in [5.41, 5.74) is 2.04. The lowest BCUT2D eigenvalue weighted by Crippen LogP contribution is -2.37. The number of nitrogens with zero attached hydrogens (tertiary/aromatic N) is 2. The van der Waals surface area contributed by atoms with E-state index in [1.807, 2.05) is 28.5 Å². The zero-order valence-corrected chi connectivity index (χ0v) is 14.6. The Balaban J connectivity index is 1.53. The van der Waals surface area contributed by atoms with Gasteiger partial charge in [-0.3, -0.25) is 9.59 Å². The Hall–Kier alpha value is -2.12. The van der Waals surface area contributed by atoms with E-state index in [9.17, 15) is 9.59 Å². The summed E-state index contributed by atoms with van der Waals surface area (Å²) in [7, 11) is 0. The third-order valence-corrected chi connectivity index (χ3v) is 5.79. The summed E-state index contributed by atoms with van der Waals surface area (Å²) in [5, 5.41) is 2.93. The number of amides is 1. The Labute approximate surface area is 146 Å². The van der Waals surface area contributed by atoms with E-state index >= 15 is 0 Å². The molecule has 0 unspecified atom stereocenters. The lowest BCUT2D eigenvalue weighted by Gasteiger charge is -2.22. The largest absolute Gasteiger partial charge is 0.308 e. The second kappa shape index (κ2) is 6.07. The molecular weight excluding hydrogens is 342 g/mol. The molecule has 0 saturated carbocycles. The third-order valence-electron chi connectivity index (χ3n) is 4.12. The molecule has 0 spiro atoms. The van der Waals surface area contributed by atoms with Gasteiger partial charge in [0.2, 0.25) is 5.91 Å². The smallest absolute Gasteiger partial charge is 0.260 e. The Kier molecular flexibility index (Phi) is 3.90. The monoisotopic (exact) mass is 357 g/mol. The fourth-order valence-electron chi connectivity index (χ4n) is 3.06. The second-order valence-electron chi connectivity index (χ2n) is 5.74. The number of benzene rings is 1. The van der Waals surface area contributed by atoms with Crippen LogP contribution in [0.15, 0.2) is 45.7 Å². The van der Waals surface area contributed by atoms with Crippen LogP contribution in [0.25, 0.3) is 10.2 Å². The van der Waals surface area contributed by atoms with Crippen LogP contribution in [0.3, 0.4) is 0 Å². The van der Waals surface area contributed by atoms with Crippen molar-refractivity contribution in [3.63, 3.8) is 0 Å². The minimum atomic E-state index is -0.156. The Morgan fingerprint density at radius 3 is 3.12 bits per heavy atom. The van der Waals surface area contributed by atoms with E-state index in [-0.39, 0.29) is 23.3 Å². The van der Waals surface area contributed by atoms with E-state index in [1.165, 1.54) is 28.7 Å². The average molecular weight is 357 g/mol. The third kappa shape index (κ3) is 2.63. The summed E-state index contributed by atoms with van der Waals surface area (Å²) in [6, 6.07) is 9.92. The Morgan fingerprint density at radius 1 is 1.42 bits per heavy atom. The number of thioether (sulfide) groups is 1. The summed E-state index contributed by atoms with van der Waals surface area (Å²) in [6.45, 7) is 2.06. The molecule has 0 fully saturated rings. The van der Waals surface area contributed by atoms with E-state index in [0.29, 0.717) is 15.4 Å². The first kappa shape index (κ1) is 15.4. The number of fused-ring (bicyclic) bond motifs is 2. The molecule has 5 nitrogen and oxygen atoms in total. The van der Waals surface area contributed by atoms with Gasteiger partial charge in [0, 0.05) is 11.7 Å². The topological polar surface area (TPSA) is 66.1 Å². The van der Waals surface area contributed by atoms with Crippen LogP contribution in [0.1, 0.15) is 12.5 Å². The van der Waals surface area contributed by atoms with Gasteiger partial charge in [-0.25, -0.2) is 4.98 Å². The van der Waals surface area contributed by atoms with Gasteiger partial charge in [0.05, 0.1) is 11.1 Å². The standard InChI is InChI=1S/C17H15N3O2S2/c1-10-8-11-4-2-3-5-13(11)20(10)14(21)9-24-17-18-15(22)12-6-7-23-16(12)19-17/h2-7,10H,8-9H2,1H3,(H,18,19,22)/t10-/m1/s1. The molecule has 3 heterocycles. The minimum Gasteiger partial charge on any atom is -0.308 e. The van der Waals surface area contributed by atoms with E-state index in [2.05, 4.69) is 23.0 Å². The molecule has 0 bridgehead atoms. The second-order valence-corrected chi connectivity index (χ2v) is 7.60. The van der Waals surface area contributed by atoms with E-state index < -0.39 is 0 Å². The number of para-hydroxylation sites is 1. The van der Waals surface area contributed by atoms with Crippen molar-refractivity contribution < 1.29 is 4.79 Å². The Bertz CT molecular complexity index is 979. The van der Waals surface area contributed by atoms with Crippen molar-refractivity contribution in [2.24, 2.45) is 0 Å². The lowest BCUT2D eigenvalue weighted by molar-refractivity contribution is -0.116. The molecule has 1 aliphatic heterocycles. The summed E-state index contributed by atoms with van der Waals surface area (Å²) in [5.74, 6) is 0.282. The van der Waals surface area contributed by atoms with Crippen LogP contribution in [0.2, 0.25) is 0 Å². The number of carbonyl (C=O) groups excluding carboxylic acids is 1. The maximum Gasteiger partial charge on any atom is 0.260 e. The summed E-state index contributed by atoms with van der Waals surface area (Å²) in [6.07, 6.45) is 0.878. The van der Waals surface area contributed by atoms with E-state index in [0.717, 1.165) is 12.1 Å². The average Bonchev–Trinajstić information content (AvgIpc) is 3.16. The van der Waals surface area contributed by atoms with E-state index in [1.54, 1.807) is 6.07 Å². The predicted molar refractivity (Wildman–Crippen MR) is 98.1 cm³/mol. The number of aromatic amines is 1. The van der Waals surface area contributed by atoms with Crippen molar-refractivity contribution in [3.05, 3.63) is 51.6 Å². The first-order chi connectivity index (χ1) is 11.6. The molecule has 1 aliphatic rings. The number of H-pyrrole nitrogens is 1. The first-order valence-corrected chi connectivity index (χ1v) is 9.50. The minimum absolute atomic E-state index is 0.0337. The molecule has 2 aromatic heterocycles. The normalized spacial score (nSPS) is 16.5. The Morgan fingerprint density at radius 2 is 2.25 bits per heavy atom. The van der Waals surface area contributed by atoms with Crippen molar-refractivity contribution in [2.75, 3.05) is 10.7 Å². The van der Waals surface area contributed by atoms with Crippen molar-refractivity contribution in [1.29, 1.82) is 0 Å². The SMILES string of the molecule is C[C@@H]1Cc2ccccc2N1C(=O)CSc1nc2sccc2c(=O)[nH]1. The summed E-state index contributed by atoms with van der Waals surface area (Å²) < 4.78 is 0. The number of rotatable bonds is 3. The maximum atomic E-state index is 12.7. The molecule has 0 saturated heterocycles. The van der Waals surface area contributed by atoms with Crippen LogP contribution in [0.5, 0.6) is 0 Å². The first-order valence-electron chi connectivity index (χ1n) is 7.64. The molecule has 3 aromatic rings. The number of aromatic nitrogens is 2. The van der Waals surface area contributed by atoms with Gasteiger partial charge >= 0.3 is 0 Å². The molecule has 0 aliphatic carbocycles. The quantitative estimate of drug-likeness (QED) is 0.578. The van der Waals surface area contributed by atoms with Gasteiger partial charge in [0.1, 0.15) is 4.83 Å². The molecule has 1 amide bonds. The number of carbonyl (C=O) groups is 1. The molecule has 122 valence electrons. The molecule has 4 rings (SSSR count). The van der Waals surface area contributed by atoms with Crippen LogP contribution >= 0.6 is 23.1 Å². The number of hydrogen-bond donors (Lipinski definition) is 1. The van der Waals surface area contributed by atoms with Gasteiger partial charge in [-0.1, -0.05) is 30.0 Å². The molecule has 24 heavy (non-hydrogen) atoms. The van der Waals surface area contributed by atoms with Crippen LogP contribution in [0, 0.1) is 0 Å². The fraction of sp³-hybridized carbons (Fsp3) is 0.235. The van der Waals surface area contributed by atoms with Gasteiger partial charge < -0.3 is 9.88 Å². The molecule has 1 aromatic carbocycles. The molecule has 1 atom stereocenters. The van der Waals surface area contributed by atoms with Crippen molar-refractivity contribution in [3.8, 4) is 0 Å². The van der Waals surface area contributed by atoms with Gasteiger partial charge in [0.25, 0.3) is 5.56 Å². The zero-order valence-electron chi connectivity index (χ0n) is 13.0. The van der Waals surface area contributed by atoms with Gasteiger partial charge in [-0.15, -0.1) is 11.3 Å². The van der Waals surface area contributed by atoms with Crippen molar-refractivity contribution >= 4 is 44.9 Å². The number of nitrogens with one attached hydrogen (secondary N) is 1. The van der Waals surface area contributed by atoms with Crippen molar-refractivity contribution in [1.82, 2.24) is 9.97 Å². The summed E-state index contributed by atoms with van der Waals surface area (Å²) >= 11 is 2.70. The zero-order chi connectivity index (χ0) is 16.7. The van der Waals surface area contributed by atoms with Gasteiger partial charge in [-0.05, 0) is 36.4 Å². The predicted octanol–water partition coefficient (Wildman–Crippen LogP) is 3.05. The summed E-state index contributed by atoms with van der Waals surface area (Å²) in [4.78, 5) is 34.4. The number of hydrogen-bond acceptors (Lipinski definition) is 5. The van der Waals surface area contributed by atoms with Crippen LogP contribution in [-0.2, 0) is 11.2 Å². The molecule has 1 N–H and O–H groups in total. The van der Waals surface area contributed by atoms with Crippen molar-refractivity contribution in [2.45, 2.75) is 24.5 Å². The highest BCUT2D eigenvalue weighted by Crippen LogP contribution is 2.32. The van der Waals surface area contributed by atoms with Gasteiger partial charge in [-0.2, -0.15) is 0 Å². The maximum absolute atomic E-state index is 12.7. The van der Waals surface area contributed by atoms with Gasteiger partial charge in [0.15, 0.2) is 5.16 Å². The van der Waals surface area contributed by atoms with Crippen LogP contribution < -0.4 is 10.5 Å². The highest BCUT2D eigenvalue weighted by Gasteiger charge is 2.30. The highest BCUT2D eigenvalue weighted by molar-refractivity contribution is 7.99. The van der Waals surface area contributed by atoms with Crippen LogP contribution in [0.4, 0.5) is 5.69 Å². The molecule has 7 heteroatoms. The fourth-order valence-corrected chi connectivity index (χ4v) is 4.60. The molecule has 0 radical (unpaired) electrons. The van der Waals surface area contributed by atoms with E-state index in [4.69, 9.17) is 0 Å². The highest BCUT2D eigenvalue weighted by atomic mass is 32.2.